The van der Waals surface area contributed by atoms with Crippen molar-refractivity contribution in [3.05, 3.63) is 89.5 Å². The molecule has 0 aliphatic heterocycles. The fourth-order valence-electron chi connectivity index (χ4n) is 6.67. The van der Waals surface area contributed by atoms with Crippen molar-refractivity contribution in [2.75, 3.05) is 7.11 Å². The second kappa shape index (κ2) is 12.1. The van der Waals surface area contributed by atoms with Crippen LogP contribution in [0.5, 0.6) is 5.75 Å². The van der Waals surface area contributed by atoms with Crippen molar-refractivity contribution in [3.63, 3.8) is 0 Å². The van der Waals surface area contributed by atoms with Crippen LogP contribution in [-0.4, -0.2) is 29.2 Å². The summed E-state index contributed by atoms with van der Waals surface area (Å²) < 4.78 is 19.4. The van der Waals surface area contributed by atoms with Crippen LogP contribution in [0.4, 0.5) is 0 Å². The zero-order chi connectivity index (χ0) is 30.9. The first kappa shape index (κ1) is 30.0. The van der Waals surface area contributed by atoms with Crippen molar-refractivity contribution < 1.29 is 23.8 Å². The number of rotatable bonds is 9. The Kier molecular flexibility index (Phi) is 8.28. The molecule has 0 spiro atoms. The standard InChI is InChI=1S/C38H43NO5/c1-37(2,3)44-35(40)29-17-20-31-32(23-29)39(25-38(21-22-38)36(41)42-4)34(33(31)27-13-9-6-10-14-27)28-15-18-30(19-16-28)43-24-26-11-7-5-8-12-26/h5,7-8,11-12,15-20,23,27H,6,9-10,13-14,21-22,24-25H2,1-4H3. The lowest BCUT2D eigenvalue weighted by Crippen LogP contribution is -2.24. The Bertz CT molecular complexity index is 1630. The van der Waals surface area contributed by atoms with Crippen LogP contribution < -0.4 is 4.74 Å². The minimum Gasteiger partial charge on any atom is -0.489 e. The number of ether oxygens (including phenoxy) is 3. The summed E-state index contributed by atoms with van der Waals surface area (Å²) in [6, 6.07) is 24.4. The Morgan fingerprint density at radius 2 is 1.61 bits per heavy atom. The van der Waals surface area contributed by atoms with Gasteiger partial charge in [-0.1, -0.05) is 55.7 Å². The van der Waals surface area contributed by atoms with Crippen molar-refractivity contribution in [1.29, 1.82) is 0 Å². The number of carbonyl (C=O) groups excluding carboxylic acids is 2. The Balaban J connectivity index is 1.47. The van der Waals surface area contributed by atoms with Gasteiger partial charge in [-0.15, -0.1) is 0 Å². The van der Waals surface area contributed by atoms with Crippen LogP contribution in [-0.2, 0) is 27.4 Å². The van der Waals surface area contributed by atoms with E-state index in [1.807, 2.05) is 63.2 Å². The quantitative estimate of drug-likeness (QED) is 0.181. The third kappa shape index (κ3) is 6.26. The van der Waals surface area contributed by atoms with Crippen molar-refractivity contribution >= 4 is 22.8 Å². The number of esters is 2. The van der Waals surface area contributed by atoms with E-state index in [-0.39, 0.29) is 11.9 Å². The van der Waals surface area contributed by atoms with Crippen LogP contribution in [0.3, 0.4) is 0 Å². The molecule has 230 valence electrons. The molecule has 0 bridgehead atoms. The maximum absolute atomic E-state index is 13.2. The average Bonchev–Trinajstić information content (AvgIpc) is 3.75. The Labute approximate surface area is 260 Å². The molecule has 1 heterocycles. The van der Waals surface area contributed by atoms with Crippen LogP contribution in [0.15, 0.2) is 72.8 Å². The van der Waals surface area contributed by atoms with Gasteiger partial charge in [-0.3, -0.25) is 4.79 Å². The molecule has 2 aliphatic rings. The molecule has 44 heavy (non-hydrogen) atoms. The van der Waals surface area contributed by atoms with Crippen molar-refractivity contribution in [1.82, 2.24) is 4.57 Å². The van der Waals surface area contributed by atoms with E-state index in [9.17, 15) is 9.59 Å². The Morgan fingerprint density at radius 3 is 2.25 bits per heavy atom. The van der Waals surface area contributed by atoms with Crippen LogP contribution in [0.2, 0.25) is 0 Å². The zero-order valence-electron chi connectivity index (χ0n) is 26.4. The smallest absolute Gasteiger partial charge is 0.338 e. The molecule has 0 unspecified atom stereocenters. The van der Waals surface area contributed by atoms with E-state index in [4.69, 9.17) is 14.2 Å². The number of methoxy groups -OCH3 is 1. The number of fused-ring (bicyclic) bond motifs is 1. The van der Waals surface area contributed by atoms with Gasteiger partial charge in [0.1, 0.15) is 18.0 Å². The van der Waals surface area contributed by atoms with Gasteiger partial charge in [0.2, 0.25) is 0 Å². The van der Waals surface area contributed by atoms with Gasteiger partial charge in [0, 0.05) is 17.4 Å². The third-order valence-electron chi connectivity index (χ3n) is 9.06. The molecular weight excluding hydrogens is 550 g/mol. The summed E-state index contributed by atoms with van der Waals surface area (Å²) in [4.78, 5) is 26.2. The van der Waals surface area contributed by atoms with Crippen molar-refractivity contribution in [3.8, 4) is 17.0 Å². The molecular formula is C38H43NO5. The fraction of sp³-hybridized carbons (Fsp3) is 0.421. The van der Waals surface area contributed by atoms with Crippen LogP contribution in [0, 0.1) is 5.41 Å². The van der Waals surface area contributed by atoms with E-state index >= 15 is 0 Å². The summed E-state index contributed by atoms with van der Waals surface area (Å²) in [5.41, 5.74) is 4.96. The van der Waals surface area contributed by atoms with Crippen molar-refractivity contribution in [2.24, 2.45) is 5.41 Å². The van der Waals surface area contributed by atoms with E-state index in [2.05, 4.69) is 34.9 Å². The maximum Gasteiger partial charge on any atom is 0.338 e. The molecule has 6 nitrogen and oxygen atoms in total. The van der Waals surface area contributed by atoms with Crippen LogP contribution >= 0.6 is 0 Å². The molecule has 2 aliphatic carbocycles. The van der Waals surface area contributed by atoms with E-state index in [1.165, 1.54) is 31.9 Å². The normalized spacial score (nSPS) is 16.5. The number of hydrogen-bond donors (Lipinski definition) is 0. The molecule has 0 N–H and O–H groups in total. The molecule has 4 aromatic rings. The molecule has 0 atom stereocenters. The number of benzene rings is 3. The highest BCUT2D eigenvalue weighted by Gasteiger charge is 2.52. The number of carbonyl (C=O) groups is 2. The summed E-state index contributed by atoms with van der Waals surface area (Å²) in [7, 11) is 1.47. The maximum atomic E-state index is 13.2. The zero-order valence-corrected chi connectivity index (χ0v) is 26.4. The molecule has 6 heteroatoms. The van der Waals surface area contributed by atoms with Crippen LogP contribution in [0.1, 0.15) is 93.1 Å². The highest BCUT2D eigenvalue weighted by atomic mass is 16.6. The highest BCUT2D eigenvalue weighted by Crippen LogP contribution is 2.51. The SMILES string of the molecule is COC(=O)C1(Cn2c(-c3ccc(OCc4ccccc4)cc3)c(C3CCCCC3)c3ccc(C(=O)OC(C)(C)C)cc32)CC1. The number of hydrogen-bond acceptors (Lipinski definition) is 5. The van der Waals surface area contributed by atoms with Gasteiger partial charge in [0.05, 0.1) is 23.8 Å². The van der Waals surface area contributed by atoms with Gasteiger partial charge in [-0.2, -0.15) is 0 Å². The van der Waals surface area contributed by atoms with Gasteiger partial charge >= 0.3 is 11.9 Å². The summed E-state index contributed by atoms with van der Waals surface area (Å²) in [6.07, 6.45) is 7.48. The minimum absolute atomic E-state index is 0.169. The first-order chi connectivity index (χ1) is 21.2. The third-order valence-corrected chi connectivity index (χ3v) is 9.06. The monoisotopic (exact) mass is 593 g/mol. The summed E-state index contributed by atoms with van der Waals surface area (Å²) >= 11 is 0. The van der Waals surface area contributed by atoms with Gasteiger partial charge in [0.25, 0.3) is 0 Å². The van der Waals surface area contributed by atoms with Gasteiger partial charge in [-0.05, 0) is 105 Å². The summed E-state index contributed by atoms with van der Waals surface area (Å²) in [6.45, 7) is 6.65. The molecule has 0 radical (unpaired) electrons. The van der Waals surface area contributed by atoms with Crippen LogP contribution in [0.25, 0.3) is 22.2 Å². The molecule has 3 aromatic carbocycles. The lowest BCUT2D eigenvalue weighted by atomic mass is 9.81. The van der Waals surface area contributed by atoms with Gasteiger partial charge in [-0.25, -0.2) is 4.79 Å². The second-order valence-corrected chi connectivity index (χ2v) is 13.5. The van der Waals surface area contributed by atoms with Gasteiger partial charge in [0.15, 0.2) is 0 Å². The van der Waals surface area contributed by atoms with Gasteiger partial charge < -0.3 is 18.8 Å². The van der Waals surface area contributed by atoms with E-state index in [1.54, 1.807) is 0 Å². The average molecular weight is 594 g/mol. The number of aromatic nitrogens is 1. The highest BCUT2D eigenvalue weighted by molar-refractivity contribution is 5.99. The first-order valence-electron chi connectivity index (χ1n) is 15.9. The molecule has 2 fully saturated rings. The molecule has 2 saturated carbocycles. The lowest BCUT2D eigenvalue weighted by molar-refractivity contribution is -0.147. The van der Waals surface area contributed by atoms with Crippen molar-refractivity contribution in [2.45, 2.75) is 90.4 Å². The topological polar surface area (TPSA) is 66.8 Å². The second-order valence-electron chi connectivity index (χ2n) is 13.5. The first-order valence-corrected chi connectivity index (χ1v) is 15.9. The molecule has 6 rings (SSSR count). The predicted octanol–water partition coefficient (Wildman–Crippen LogP) is 8.84. The minimum atomic E-state index is -0.597. The molecule has 1 aromatic heterocycles. The Hall–Kier alpha value is -4.06. The largest absolute Gasteiger partial charge is 0.489 e. The van der Waals surface area contributed by atoms with E-state index in [0.29, 0.717) is 24.6 Å². The molecule has 0 amide bonds. The number of nitrogens with zero attached hydrogens (tertiary/aromatic N) is 1. The predicted molar refractivity (Wildman–Crippen MR) is 173 cm³/mol. The van der Waals surface area contributed by atoms with E-state index in [0.717, 1.165) is 59.2 Å². The Morgan fingerprint density at radius 1 is 0.909 bits per heavy atom. The lowest BCUT2D eigenvalue weighted by Gasteiger charge is -2.24. The summed E-state index contributed by atoms with van der Waals surface area (Å²) in [5, 5.41) is 1.14. The fourth-order valence-corrected chi connectivity index (χ4v) is 6.67. The summed E-state index contributed by atoms with van der Waals surface area (Å²) in [5.74, 6) is 0.691. The van der Waals surface area contributed by atoms with E-state index < -0.39 is 11.0 Å². The molecule has 0 saturated heterocycles.